The summed E-state index contributed by atoms with van der Waals surface area (Å²) in [5.74, 6) is 0.180. The van der Waals surface area contributed by atoms with Gasteiger partial charge in [-0.05, 0) is 27.2 Å². The summed E-state index contributed by atoms with van der Waals surface area (Å²) in [4.78, 5) is 14.6. The summed E-state index contributed by atoms with van der Waals surface area (Å²) in [6, 6.07) is 0.335. The Morgan fingerprint density at radius 1 is 1.64 bits per heavy atom. The molecule has 0 atom stereocenters. The zero-order chi connectivity index (χ0) is 10.7. The second kappa shape index (κ2) is 4.26. The van der Waals surface area contributed by atoms with E-state index in [2.05, 4.69) is 23.4 Å². The van der Waals surface area contributed by atoms with Crippen LogP contribution in [0.4, 0.5) is 0 Å². The predicted molar refractivity (Wildman–Crippen MR) is 53.3 cm³/mol. The number of aryl methyl sites for hydroxylation is 2. The van der Waals surface area contributed by atoms with Crippen molar-refractivity contribution in [2.75, 3.05) is 0 Å². The molecule has 0 aliphatic carbocycles. The molecular formula is C10H16N2O2. The van der Waals surface area contributed by atoms with Gasteiger partial charge in [-0.2, -0.15) is 0 Å². The Hall–Kier alpha value is -1.32. The maximum Gasteiger partial charge on any atom is 0.303 e. The van der Waals surface area contributed by atoms with Crippen molar-refractivity contribution < 1.29 is 9.90 Å². The van der Waals surface area contributed by atoms with Crippen LogP contribution in [0.5, 0.6) is 0 Å². The number of imidazole rings is 1. The van der Waals surface area contributed by atoms with E-state index in [1.807, 2.05) is 6.92 Å². The lowest BCUT2D eigenvalue weighted by Gasteiger charge is -2.13. The Balaban J connectivity index is 2.81. The van der Waals surface area contributed by atoms with Gasteiger partial charge in [0.1, 0.15) is 5.82 Å². The molecule has 0 amide bonds. The van der Waals surface area contributed by atoms with Crippen LogP contribution in [0.2, 0.25) is 0 Å². The summed E-state index contributed by atoms with van der Waals surface area (Å²) in [6.07, 6.45) is 2.48. The summed E-state index contributed by atoms with van der Waals surface area (Å²) in [6.45, 7) is 6.07. The number of carboxylic acids is 1. The maximum absolute atomic E-state index is 10.4. The molecule has 0 saturated heterocycles. The van der Waals surface area contributed by atoms with Gasteiger partial charge >= 0.3 is 5.97 Å². The first-order valence-electron chi connectivity index (χ1n) is 4.77. The van der Waals surface area contributed by atoms with E-state index < -0.39 is 5.97 Å². The molecule has 78 valence electrons. The van der Waals surface area contributed by atoms with Gasteiger partial charge in [-0.15, -0.1) is 0 Å². The lowest BCUT2D eigenvalue weighted by molar-refractivity contribution is -0.137. The molecule has 0 radical (unpaired) electrons. The average molecular weight is 196 g/mol. The summed E-state index contributed by atoms with van der Waals surface area (Å²) in [5.41, 5.74) is 1.000. The first-order valence-corrected chi connectivity index (χ1v) is 4.77. The van der Waals surface area contributed by atoms with Gasteiger partial charge in [0.05, 0.1) is 6.42 Å². The average Bonchev–Trinajstić information content (AvgIpc) is 2.43. The van der Waals surface area contributed by atoms with Crippen LogP contribution in [0.3, 0.4) is 0 Å². The van der Waals surface area contributed by atoms with E-state index in [0.717, 1.165) is 11.5 Å². The highest BCUT2D eigenvalue weighted by molar-refractivity contribution is 5.66. The van der Waals surface area contributed by atoms with Crippen LogP contribution in [-0.2, 0) is 11.2 Å². The molecule has 1 aromatic heterocycles. The molecule has 1 aromatic rings. The fourth-order valence-corrected chi connectivity index (χ4v) is 1.63. The minimum absolute atomic E-state index is 0.165. The van der Waals surface area contributed by atoms with Crippen LogP contribution in [0.1, 0.15) is 37.8 Å². The smallest absolute Gasteiger partial charge is 0.303 e. The largest absolute Gasteiger partial charge is 0.481 e. The van der Waals surface area contributed by atoms with Crippen molar-refractivity contribution in [3.05, 3.63) is 17.7 Å². The molecule has 0 aliphatic heterocycles. The van der Waals surface area contributed by atoms with Gasteiger partial charge in [-0.1, -0.05) is 0 Å². The number of carboxylic acid groups (broad SMARTS) is 1. The van der Waals surface area contributed by atoms with Crippen LogP contribution in [0.25, 0.3) is 0 Å². The summed E-state index contributed by atoms with van der Waals surface area (Å²) in [7, 11) is 0. The zero-order valence-electron chi connectivity index (χ0n) is 8.82. The highest BCUT2D eigenvalue weighted by Crippen LogP contribution is 2.14. The molecule has 14 heavy (non-hydrogen) atoms. The monoisotopic (exact) mass is 196 g/mol. The maximum atomic E-state index is 10.4. The standard InChI is InChI=1S/C10H16N2O2/c1-7(2)12-8(3)11-6-9(12)4-5-10(13)14/h6-7H,4-5H2,1-3H3,(H,13,14). The van der Waals surface area contributed by atoms with Gasteiger partial charge in [-0.25, -0.2) is 4.98 Å². The molecule has 0 bridgehead atoms. The van der Waals surface area contributed by atoms with Crippen molar-refractivity contribution in [3.8, 4) is 0 Å². The first kappa shape index (κ1) is 10.8. The van der Waals surface area contributed by atoms with Crippen LogP contribution in [-0.4, -0.2) is 20.6 Å². The second-order valence-electron chi connectivity index (χ2n) is 3.65. The van der Waals surface area contributed by atoms with E-state index in [1.54, 1.807) is 6.20 Å². The number of rotatable bonds is 4. The van der Waals surface area contributed by atoms with E-state index in [0.29, 0.717) is 12.5 Å². The van der Waals surface area contributed by atoms with Crippen molar-refractivity contribution >= 4 is 5.97 Å². The number of hydrogen-bond acceptors (Lipinski definition) is 2. The fourth-order valence-electron chi connectivity index (χ4n) is 1.63. The van der Waals surface area contributed by atoms with Crippen LogP contribution < -0.4 is 0 Å². The lowest BCUT2D eigenvalue weighted by Crippen LogP contribution is -2.09. The number of hydrogen-bond donors (Lipinski definition) is 1. The summed E-state index contributed by atoms with van der Waals surface area (Å²) in [5, 5.41) is 8.58. The third-order valence-corrected chi connectivity index (χ3v) is 2.17. The summed E-state index contributed by atoms with van der Waals surface area (Å²) >= 11 is 0. The highest BCUT2D eigenvalue weighted by atomic mass is 16.4. The molecule has 4 nitrogen and oxygen atoms in total. The van der Waals surface area contributed by atoms with Gasteiger partial charge in [0.25, 0.3) is 0 Å². The summed E-state index contributed by atoms with van der Waals surface area (Å²) < 4.78 is 2.07. The van der Waals surface area contributed by atoms with Crippen molar-refractivity contribution in [2.45, 2.75) is 39.7 Å². The Morgan fingerprint density at radius 3 is 2.79 bits per heavy atom. The van der Waals surface area contributed by atoms with Gasteiger partial charge in [0.15, 0.2) is 0 Å². The van der Waals surface area contributed by atoms with Crippen molar-refractivity contribution in [3.63, 3.8) is 0 Å². The van der Waals surface area contributed by atoms with Gasteiger partial charge in [0, 0.05) is 17.9 Å². The van der Waals surface area contributed by atoms with Crippen molar-refractivity contribution in [2.24, 2.45) is 0 Å². The molecule has 0 aromatic carbocycles. The molecule has 0 unspecified atom stereocenters. The zero-order valence-corrected chi connectivity index (χ0v) is 8.82. The van der Waals surface area contributed by atoms with E-state index in [9.17, 15) is 4.79 Å². The van der Waals surface area contributed by atoms with E-state index in [1.165, 1.54) is 0 Å². The van der Waals surface area contributed by atoms with Crippen molar-refractivity contribution in [1.82, 2.24) is 9.55 Å². The molecule has 0 fully saturated rings. The van der Waals surface area contributed by atoms with E-state index >= 15 is 0 Å². The molecular weight excluding hydrogens is 180 g/mol. The van der Waals surface area contributed by atoms with Crippen LogP contribution in [0.15, 0.2) is 6.20 Å². The number of carbonyl (C=O) groups is 1. The van der Waals surface area contributed by atoms with Crippen LogP contribution in [0, 0.1) is 6.92 Å². The normalized spacial score (nSPS) is 10.9. The Bertz CT molecular complexity index is 329. The second-order valence-corrected chi connectivity index (χ2v) is 3.65. The lowest BCUT2D eigenvalue weighted by atomic mass is 10.2. The topological polar surface area (TPSA) is 55.1 Å². The molecule has 4 heteroatoms. The predicted octanol–water partition coefficient (Wildman–Crippen LogP) is 1.79. The third kappa shape index (κ3) is 2.34. The highest BCUT2D eigenvalue weighted by Gasteiger charge is 2.10. The molecule has 1 N–H and O–H groups in total. The Kier molecular flexibility index (Phi) is 3.28. The first-order chi connectivity index (χ1) is 6.52. The third-order valence-electron chi connectivity index (χ3n) is 2.17. The molecule has 0 saturated carbocycles. The minimum atomic E-state index is -0.765. The molecule has 1 heterocycles. The SMILES string of the molecule is Cc1ncc(CCC(=O)O)n1C(C)C. The van der Waals surface area contributed by atoms with E-state index in [-0.39, 0.29) is 6.42 Å². The Labute approximate surface area is 83.6 Å². The fraction of sp³-hybridized carbons (Fsp3) is 0.600. The molecule has 1 rings (SSSR count). The minimum Gasteiger partial charge on any atom is -0.481 e. The van der Waals surface area contributed by atoms with Gasteiger partial charge < -0.3 is 9.67 Å². The Morgan fingerprint density at radius 2 is 2.29 bits per heavy atom. The van der Waals surface area contributed by atoms with E-state index in [4.69, 9.17) is 5.11 Å². The molecule has 0 spiro atoms. The number of nitrogens with zero attached hydrogens (tertiary/aromatic N) is 2. The number of aliphatic carboxylic acids is 1. The van der Waals surface area contributed by atoms with Gasteiger partial charge in [0.2, 0.25) is 0 Å². The van der Waals surface area contributed by atoms with Gasteiger partial charge in [-0.3, -0.25) is 4.79 Å². The number of aromatic nitrogens is 2. The molecule has 0 aliphatic rings. The quantitative estimate of drug-likeness (QED) is 0.798. The van der Waals surface area contributed by atoms with Crippen molar-refractivity contribution in [1.29, 1.82) is 0 Å². The van der Waals surface area contributed by atoms with Crippen LogP contribution >= 0.6 is 0 Å².